The van der Waals surface area contributed by atoms with Crippen LogP contribution in [0.4, 0.5) is 0 Å². The van der Waals surface area contributed by atoms with Crippen LogP contribution in [0.5, 0.6) is 0 Å². The first-order chi connectivity index (χ1) is 14.8. The van der Waals surface area contributed by atoms with Crippen LogP contribution >= 0.6 is 7.82 Å². The molecule has 7 nitrogen and oxygen atoms in total. The molecule has 0 aliphatic rings. The number of esters is 1. The van der Waals surface area contributed by atoms with Gasteiger partial charge in [-0.25, -0.2) is 4.57 Å². The summed E-state index contributed by atoms with van der Waals surface area (Å²) in [4.78, 5) is 28.6. The lowest BCUT2D eigenvalue weighted by molar-refractivity contribution is -0.147. The van der Waals surface area contributed by atoms with E-state index in [1.807, 2.05) is 0 Å². The number of carbonyl (C=O) groups is 1. The Morgan fingerprint density at radius 1 is 0.806 bits per heavy atom. The topological polar surface area (TPSA) is 113 Å². The van der Waals surface area contributed by atoms with Crippen molar-refractivity contribution in [2.45, 2.75) is 116 Å². The maximum Gasteiger partial charge on any atom is 0.469 e. The maximum absolute atomic E-state index is 11.6. The fourth-order valence-electron chi connectivity index (χ4n) is 3.19. The highest BCUT2D eigenvalue weighted by atomic mass is 31.2. The van der Waals surface area contributed by atoms with Crippen molar-refractivity contribution in [3.63, 3.8) is 0 Å². The summed E-state index contributed by atoms with van der Waals surface area (Å²) >= 11 is 0. The number of ether oxygens (including phenoxy) is 1. The van der Waals surface area contributed by atoms with E-state index in [2.05, 4.69) is 23.6 Å². The second-order valence-corrected chi connectivity index (χ2v) is 9.40. The molecule has 0 saturated carbocycles. The molecular weight excluding hydrogens is 419 g/mol. The highest BCUT2D eigenvalue weighted by Crippen LogP contribution is 2.35. The third-order valence-electron chi connectivity index (χ3n) is 5.01. The molecule has 0 bridgehead atoms. The highest BCUT2D eigenvalue weighted by Gasteiger charge is 2.17. The van der Waals surface area contributed by atoms with E-state index in [1.54, 1.807) is 0 Å². The van der Waals surface area contributed by atoms with E-state index in [0.717, 1.165) is 32.1 Å². The van der Waals surface area contributed by atoms with Gasteiger partial charge >= 0.3 is 13.8 Å². The van der Waals surface area contributed by atoms with Gasteiger partial charge in [0, 0.05) is 6.42 Å². The molecule has 0 rings (SSSR count). The molecule has 0 saturated heterocycles. The fraction of sp³-hybridized carbons (Fsp3) is 0.870. The molecule has 0 aliphatic carbocycles. The average molecular weight is 465 g/mol. The second-order valence-electron chi connectivity index (χ2n) is 8.16. The van der Waals surface area contributed by atoms with Gasteiger partial charge in [0.05, 0.1) is 6.61 Å². The standard InChI is InChI=1S/C23H45O7P/c1-2-3-4-5-6-7-8-9-10-11-12-13-14-15-16-17-18-19-23(25)29-20-22(24)21-30-31(26,27)28/h11-12,22,24H,2-10,13-21H2,1H3,(H2,26,27,28)/t22-/m1/s1. The van der Waals surface area contributed by atoms with Crippen LogP contribution in [0.1, 0.15) is 110 Å². The first-order valence-electron chi connectivity index (χ1n) is 12.0. The minimum Gasteiger partial charge on any atom is -0.463 e. The summed E-state index contributed by atoms with van der Waals surface area (Å²) in [6.45, 7) is 1.35. The number of aliphatic hydroxyl groups excluding tert-OH is 1. The van der Waals surface area contributed by atoms with Gasteiger partial charge in [0.1, 0.15) is 12.7 Å². The number of carbonyl (C=O) groups excluding carboxylic acids is 1. The van der Waals surface area contributed by atoms with Crippen molar-refractivity contribution in [2.24, 2.45) is 0 Å². The number of allylic oxidation sites excluding steroid dienone is 2. The Kier molecular flexibility index (Phi) is 20.7. The number of hydrogen-bond acceptors (Lipinski definition) is 5. The number of hydrogen-bond donors (Lipinski definition) is 3. The molecule has 0 aliphatic heterocycles. The van der Waals surface area contributed by atoms with Gasteiger partial charge < -0.3 is 19.6 Å². The van der Waals surface area contributed by atoms with E-state index in [4.69, 9.17) is 14.5 Å². The summed E-state index contributed by atoms with van der Waals surface area (Å²) < 4.78 is 19.5. The molecule has 0 aromatic carbocycles. The van der Waals surface area contributed by atoms with E-state index >= 15 is 0 Å². The van der Waals surface area contributed by atoms with Crippen LogP contribution in [0, 0.1) is 0 Å². The molecule has 3 N–H and O–H groups in total. The molecule has 0 unspecified atom stereocenters. The summed E-state index contributed by atoms with van der Waals surface area (Å²) in [5.41, 5.74) is 0. The Morgan fingerprint density at radius 3 is 1.81 bits per heavy atom. The van der Waals surface area contributed by atoms with Crippen molar-refractivity contribution >= 4 is 13.8 Å². The molecule has 0 radical (unpaired) electrons. The molecule has 1 atom stereocenters. The summed E-state index contributed by atoms with van der Waals surface area (Å²) in [5, 5.41) is 9.43. The predicted octanol–water partition coefficient (Wildman–Crippen LogP) is 5.82. The minimum absolute atomic E-state index is 0.282. The molecule has 31 heavy (non-hydrogen) atoms. The summed E-state index contributed by atoms with van der Waals surface area (Å²) in [5.74, 6) is -0.417. The summed E-state index contributed by atoms with van der Waals surface area (Å²) in [7, 11) is -4.62. The lowest BCUT2D eigenvalue weighted by Crippen LogP contribution is -2.23. The Labute approximate surface area is 188 Å². The first kappa shape index (κ1) is 30.3. The normalized spacial score (nSPS) is 13.0. The highest BCUT2D eigenvalue weighted by molar-refractivity contribution is 7.46. The number of rotatable bonds is 22. The lowest BCUT2D eigenvalue weighted by Gasteiger charge is -2.12. The minimum atomic E-state index is -4.62. The SMILES string of the molecule is CCCCCCCCCCC=CCCCCCCCC(=O)OC[C@@H](O)COP(=O)(O)O. The van der Waals surface area contributed by atoms with Crippen molar-refractivity contribution in [1.29, 1.82) is 0 Å². The van der Waals surface area contributed by atoms with Gasteiger partial charge in [-0.2, -0.15) is 0 Å². The quantitative estimate of drug-likeness (QED) is 0.0801. The molecule has 0 aromatic rings. The second kappa shape index (κ2) is 21.1. The van der Waals surface area contributed by atoms with E-state index in [1.165, 1.54) is 64.2 Å². The number of phosphoric acid groups is 1. The zero-order valence-corrected chi connectivity index (χ0v) is 20.3. The molecule has 8 heteroatoms. The van der Waals surface area contributed by atoms with Crippen molar-refractivity contribution in [3.05, 3.63) is 12.2 Å². The molecule has 0 amide bonds. The average Bonchev–Trinajstić information content (AvgIpc) is 2.72. The molecule has 0 aromatic heterocycles. The van der Waals surface area contributed by atoms with Gasteiger partial charge in [-0.15, -0.1) is 0 Å². The Balaban J connectivity index is 3.35. The zero-order chi connectivity index (χ0) is 23.2. The Hall–Kier alpha value is -0.720. The molecule has 0 heterocycles. The Morgan fingerprint density at radius 2 is 1.29 bits per heavy atom. The third kappa shape index (κ3) is 25.4. The van der Waals surface area contributed by atoms with Gasteiger partial charge in [0.25, 0.3) is 0 Å². The smallest absolute Gasteiger partial charge is 0.463 e. The van der Waals surface area contributed by atoms with Crippen LogP contribution in [0.15, 0.2) is 12.2 Å². The first-order valence-corrected chi connectivity index (χ1v) is 13.6. The predicted molar refractivity (Wildman–Crippen MR) is 124 cm³/mol. The monoisotopic (exact) mass is 464 g/mol. The largest absolute Gasteiger partial charge is 0.469 e. The van der Waals surface area contributed by atoms with Gasteiger partial charge in [-0.05, 0) is 32.1 Å². The number of aliphatic hydroxyl groups is 1. The number of unbranched alkanes of at least 4 members (excludes halogenated alkanes) is 13. The summed E-state index contributed by atoms with van der Waals surface area (Å²) in [6, 6.07) is 0. The van der Waals surface area contributed by atoms with Crippen molar-refractivity contribution < 1.29 is 33.5 Å². The van der Waals surface area contributed by atoms with Crippen molar-refractivity contribution in [3.8, 4) is 0 Å². The van der Waals surface area contributed by atoms with E-state index < -0.39 is 26.5 Å². The molecule has 184 valence electrons. The summed E-state index contributed by atoms with van der Waals surface area (Å²) in [6.07, 6.45) is 21.9. The third-order valence-corrected chi connectivity index (χ3v) is 5.50. The van der Waals surface area contributed by atoms with Crippen molar-refractivity contribution in [2.75, 3.05) is 13.2 Å². The maximum atomic E-state index is 11.6. The lowest BCUT2D eigenvalue weighted by atomic mass is 10.1. The Bertz CT molecular complexity index is 490. The van der Waals surface area contributed by atoms with Crippen LogP contribution in [0.2, 0.25) is 0 Å². The van der Waals surface area contributed by atoms with Crippen molar-refractivity contribution in [1.82, 2.24) is 0 Å². The van der Waals surface area contributed by atoms with Crippen LogP contribution in [0.3, 0.4) is 0 Å². The molecular formula is C23H45O7P. The van der Waals surface area contributed by atoms with E-state index in [9.17, 15) is 14.5 Å². The van der Waals surface area contributed by atoms with Gasteiger partial charge in [-0.1, -0.05) is 83.3 Å². The molecule has 0 fully saturated rings. The van der Waals surface area contributed by atoms with Gasteiger partial charge in [0.15, 0.2) is 0 Å². The van der Waals surface area contributed by atoms with Crippen LogP contribution < -0.4 is 0 Å². The fourth-order valence-corrected chi connectivity index (χ4v) is 3.55. The van der Waals surface area contributed by atoms with Crippen LogP contribution in [0.25, 0.3) is 0 Å². The van der Waals surface area contributed by atoms with E-state index in [0.29, 0.717) is 0 Å². The molecule has 0 spiro atoms. The van der Waals surface area contributed by atoms with Gasteiger partial charge in [0.2, 0.25) is 0 Å². The van der Waals surface area contributed by atoms with Gasteiger partial charge in [-0.3, -0.25) is 9.32 Å². The number of phosphoric ester groups is 1. The van der Waals surface area contributed by atoms with E-state index in [-0.39, 0.29) is 13.0 Å². The zero-order valence-electron chi connectivity index (χ0n) is 19.4. The van der Waals surface area contributed by atoms with Crippen LogP contribution in [-0.2, 0) is 18.6 Å². The van der Waals surface area contributed by atoms with Crippen LogP contribution in [-0.4, -0.2) is 40.2 Å².